The van der Waals surface area contributed by atoms with Crippen LogP contribution >= 0.6 is 0 Å². The van der Waals surface area contributed by atoms with Crippen molar-refractivity contribution in [2.75, 3.05) is 32.8 Å². The van der Waals surface area contributed by atoms with Gasteiger partial charge in [0, 0.05) is 17.7 Å². The van der Waals surface area contributed by atoms with E-state index in [1.54, 1.807) is 0 Å². The normalized spacial score (nSPS) is 16.0. The van der Waals surface area contributed by atoms with Crippen LogP contribution in [-0.2, 0) is 16.6 Å². The van der Waals surface area contributed by atoms with Crippen molar-refractivity contribution in [2.24, 2.45) is 0 Å². The van der Waals surface area contributed by atoms with E-state index in [9.17, 15) is 18.5 Å². The molecule has 0 unspecified atom stereocenters. The van der Waals surface area contributed by atoms with Crippen molar-refractivity contribution in [3.8, 4) is 5.75 Å². The minimum Gasteiger partial charge on any atom is -0.493 e. The van der Waals surface area contributed by atoms with Crippen molar-refractivity contribution >= 4 is 15.7 Å². The first kappa shape index (κ1) is 20.2. The summed E-state index contributed by atoms with van der Waals surface area (Å²) < 4.78 is 32.8. The molecule has 3 rings (SSSR count). The lowest BCUT2D eigenvalue weighted by molar-refractivity contribution is -0.917. The van der Waals surface area contributed by atoms with E-state index in [4.69, 9.17) is 4.74 Å². The van der Waals surface area contributed by atoms with Crippen LogP contribution in [0.5, 0.6) is 5.75 Å². The third-order valence-corrected chi connectivity index (χ3v) is 6.70. The monoisotopic (exact) mass is 406 g/mol. The molecule has 0 aromatic heterocycles. The van der Waals surface area contributed by atoms with Crippen LogP contribution in [0.3, 0.4) is 0 Å². The van der Waals surface area contributed by atoms with Crippen LogP contribution in [0.2, 0.25) is 0 Å². The third kappa shape index (κ3) is 4.49. The molecule has 1 saturated heterocycles. The maximum atomic E-state index is 12.8. The van der Waals surface area contributed by atoms with Crippen molar-refractivity contribution in [1.29, 1.82) is 0 Å². The summed E-state index contributed by atoms with van der Waals surface area (Å²) in [5.41, 5.74) is 0.882. The van der Waals surface area contributed by atoms with Gasteiger partial charge in [0.05, 0.1) is 42.6 Å². The van der Waals surface area contributed by atoms with Gasteiger partial charge in [0.25, 0.3) is 5.69 Å². The Morgan fingerprint density at radius 3 is 2.54 bits per heavy atom. The second-order valence-electron chi connectivity index (χ2n) is 6.63. The molecule has 0 atom stereocenters. The molecule has 2 aromatic rings. The number of nitro groups is 1. The average Bonchev–Trinajstić information content (AvgIpc) is 2.70. The summed E-state index contributed by atoms with van der Waals surface area (Å²) in [4.78, 5) is 11.6. The van der Waals surface area contributed by atoms with Crippen molar-refractivity contribution in [3.05, 3.63) is 64.2 Å². The molecular weight excluding hydrogens is 382 g/mol. The number of nitrogens with zero attached hydrogens (tertiary/aromatic N) is 2. The summed E-state index contributed by atoms with van der Waals surface area (Å²) in [5.74, 6) is 0.865. The van der Waals surface area contributed by atoms with Crippen LogP contribution in [-0.4, -0.2) is 50.4 Å². The number of nitro benzene ring substituents is 1. The molecule has 1 N–H and O–H groups in total. The summed E-state index contributed by atoms with van der Waals surface area (Å²) in [6, 6.07) is 13.1. The highest BCUT2D eigenvalue weighted by molar-refractivity contribution is 7.89. The van der Waals surface area contributed by atoms with Crippen LogP contribution in [0.1, 0.15) is 12.5 Å². The number of rotatable bonds is 7. The van der Waals surface area contributed by atoms with E-state index < -0.39 is 14.9 Å². The molecule has 0 radical (unpaired) electrons. The maximum absolute atomic E-state index is 12.8. The molecule has 1 aliphatic rings. The van der Waals surface area contributed by atoms with E-state index in [0.717, 1.165) is 23.9 Å². The van der Waals surface area contributed by atoms with Gasteiger partial charge in [0.15, 0.2) is 0 Å². The minimum absolute atomic E-state index is 0.0353. The second kappa shape index (κ2) is 8.68. The SMILES string of the molecule is CCOc1ccccc1C[NH+]1CCN(S(=O)(=O)c2cccc([N+](=O)[O-])c2)CC1. The fraction of sp³-hybridized carbons (Fsp3) is 0.368. The van der Waals surface area contributed by atoms with Crippen molar-refractivity contribution < 1.29 is 23.0 Å². The number of quaternary nitrogens is 1. The van der Waals surface area contributed by atoms with Gasteiger partial charge in [-0.05, 0) is 25.1 Å². The fourth-order valence-electron chi connectivity index (χ4n) is 3.34. The zero-order valence-corrected chi connectivity index (χ0v) is 16.5. The molecule has 0 spiro atoms. The molecular formula is C19H24N3O5S+. The highest BCUT2D eigenvalue weighted by atomic mass is 32.2. The number of nitrogens with one attached hydrogen (secondary N) is 1. The molecule has 0 aliphatic carbocycles. The molecule has 2 aromatic carbocycles. The summed E-state index contributed by atoms with van der Waals surface area (Å²) in [7, 11) is -3.74. The molecule has 28 heavy (non-hydrogen) atoms. The quantitative estimate of drug-likeness (QED) is 0.549. The van der Waals surface area contributed by atoms with Gasteiger partial charge >= 0.3 is 0 Å². The molecule has 1 heterocycles. The van der Waals surface area contributed by atoms with Gasteiger partial charge in [-0.1, -0.05) is 18.2 Å². The zero-order chi connectivity index (χ0) is 20.1. The van der Waals surface area contributed by atoms with E-state index >= 15 is 0 Å². The smallest absolute Gasteiger partial charge is 0.270 e. The van der Waals surface area contributed by atoms with Gasteiger partial charge in [-0.3, -0.25) is 10.1 Å². The van der Waals surface area contributed by atoms with Crippen molar-refractivity contribution in [3.63, 3.8) is 0 Å². The predicted octanol–water partition coefficient (Wildman–Crippen LogP) is 1.08. The maximum Gasteiger partial charge on any atom is 0.270 e. The van der Waals surface area contributed by atoms with Gasteiger partial charge in [0.1, 0.15) is 12.3 Å². The van der Waals surface area contributed by atoms with E-state index in [1.165, 1.54) is 27.4 Å². The summed E-state index contributed by atoms with van der Waals surface area (Å²) in [6.07, 6.45) is 0. The van der Waals surface area contributed by atoms with E-state index in [2.05, 4.69) is 0 Å². The third-order valence-electron chi connectivity index (χ3n) is 4.81. The Kier molecular flexibility index (Phi) is 6.28. The summed E-state index contributed by atoms with van der Waals surface area (Å²) in [5, 5.41) is 10.9. The van der Waals surface area contributed by atoms with Crippen LogP contribution in [0, 0.1) is 10.1 Å². The number of hydrogen-bond donors (Lipinski definition) is 1. The lowest BCUT2D eigenvalue weighted by atomic mass is 10.2. The topological polar surface area (TPSA) is 94.2 Å². The molecule has 0 bridgehead atoms. The largest absolute Gasteiger partial charge is 0.493 e. The first-order chi connectivity index (χ1) is 13.4. The van der Waals surface area contributed by atoms with Gasteiger partial charge < -0.3 is 9.64 Å². The Hall–Kier alpha value is -2.49. The Labute approximate surface area is 164 Å². The number of piperazine rings is 1. The lowest BCUT2D eigenvalue weighted by Crippen LogP contribution is -3.13. The first-order valence-electron chi connectivity index (χ1n) is 9.20. The predicted molar refractivity (Wildman–Crippen MR) is 104 cm³/mol. The Bertz CT molecular complexity index is 940. The minimum atomic E-state index is -3.74. The Morgan fingerprint density at radius 1 is 1.14 bits per heavy atom. The Morgan fingerprint density at radius 2 is 1.86 bits per heavy atom. The Balaban J connectivity index is 1.67. The van der Waals surface area contributed by atoms with E-state index in [0.29, 0.717) is 32.8 Å². The molecule has 8 nitrogen and oxygen atoms in total. The zero-order valence-electron chi connectivity index (χ0n) is 15.7. The van der Waals surface area contributed by atoms with Gasteiger partial charge in [-0.15, -0.1) is 0 Å². The highest BCUT2D eigenvalue weighted by Crippen LogP contribution is 2.21. The van der Waals surface area contributed by atoms with Crippen LogP contribution in [0.4, 0.5) is 5.69 Å². The standard InChI is InChI=1S/C19H23N3O5S/c1-2-27-19-9-4-3-6-16(19)15-20-10-12-21(13-11-20)28(25,26)18-8-5-7-17(14-18)22(23)24/h3-9,14H,2,10-13,15H2,1H3/p+1. The average molecular weight is 406 g/mol. The summed E-state index contributed by atoms with van der Waals surface area (Å²) in [6.45, 7) is 5.38. The molecule has 1 fully saturated rings. The molecule has 0 saturated carbocycles. The fourth-order valence-corrected chi connectivity index (χ4v) is 4.82. The molecule has 150 valence electrons. The molecule has 0 amide bonds. The van der Waals surface area contributed by atoms with Crippen LogP contribution in [0.25, 0.3) is 0 Å². The van der Waals surface area contributed by atoms with Gasteiger partial charge in [0.2, 0.25) is 10.0 Å². The second-order valence-corrected chi connectivity index (χ2v) is 8.56. The van der Waals surface area contributed by atoms with Gasteiger partial charge in [-0.2, -0.15) is 4.31 Å². The van der Waals surface area contributed by atoms with Crippen molar-refractivity contribution in [1.82, 2.24) is 4.31 Å². The number of hydrogen-bond acceptors (Lipinski definition) is 5. The number of para-hydroxylation sites is 1. The van der Waals surface area contributed by atoms with E-state index in [-0.39, 0.29) is 10.6 Å². The summed E-state index contributed by atoms with van der Waals surface area (Å²) >= 11 is 0. The number of non-ortho nitro benzene ring substituents is 1. The lowest BCUT2D eigenvalue weighted by Gasteiger charge is -2.31. The molecule has 1 aliphatic heterocycles. The number of sulfonamides is 1. The first-order valence-corrected chi connectivity index (χ1v) is 10.6. The number of benzene rings is 2. The number of ether oxygens (including phenoxy) is 1. The van der Waals surface area contributed by atoms with Crippen LogP contribution < -0.4 is 9.64 Å². The van der Waals surface area contributed by atoms with E-state index in [1.807, 2.05) is 31.2 Å². The van der Waals surface area contributed by atoms with Crippen molar-refractivity contribution in [2.45, 2.75) is 18.4 Å². The van der Waals surface area contributed by atoms with Crippen LogP contribution in [0.15, 0.2) is 53.4 Å². The molecule has 9 heteroatoms. The van der Waals surface area contributed by atoms with Gasteiger partial charge in [-0.25, -0.2) is 8.42 Å². The highest BCUT2D eigenvalue weighted by Gasteiger charge is 2.31.